The number of ether oxygens (including phenoxy) is 2. The van der Waals surface area contributed by atoms with Crippen LogP contribution in [0.25, 0.3) is 0 Å². The van der Waals surface area contributed by atoms with E-state index >= 15 is 0 Å². The Labute approximate surface area is 133 Å². The molecule has 1 N–H and O–H groups in total. The van der Waals surface area contributed by atoms with E-state index < -0.39 is 0 Å². The highest BCUT2D eigenvalue weighted by atomic mass is 19.1. The molecule has 0 fully saturated rings. The molecule has 0 aliphatic carbocycles. The standard InChI is InChI=1S/C17H15FN2O3/c1-2-22-16-9-12(10-19)3-8-15(16)23-11-17(21)20-14-6-4-13(18)5-7-14/h3-9H,2,11H2,1H3,(H,20,21). The smallest absolute Gasteiger partial charge is 0.262 e. The third-order valence-corrected chi connectivity index (χ3v) is 2.86. The molecule has 0 saturated heterocycles. The number of carbonyl (C=O) groups is 1. The van der Waals surface area contributed by atoms with Gasteiger partial charge in [-0.05, 0) is 43.3 Å². The van der Waals surface area contributed by atoms with Crippen LogP contribution in [0, 0.1) is 17.1 Å². The van der Waals surface area contributed by atoms with Crippen molar-refractivity contribution in [1.82, 2.24) is 0 Å². The fourth-order valence-electron chi connectivity index (χ4n) is 1.84. The van der Waals surface area contributed by atoms with Crippen LogP contribution in [0.5, 0.6) is 11.5 Å². The molecule has 5 nitrogen and oxygen atoms in total. The average Bonchev–Trinajstić information content (AvgIpc) is 2.56. The lowest BCUT2D eigenvalue weighted by molar-refractivity contribution is -0.118. The van der Waals surface area contributed by atoms with Crippen LogP contribution in [0.1, 0.15) is 12.5 Å². The van der Waals surface area contributed by atoms with E-state index in [1.54, 1.807) is 18.2 Å². The van der Waals surface area contributed by atoms with Crippen LogP contribution in [0.15, 0.2) is 42.5 Å². The van der Waals surface area contributed by atoms with Gasteiger partial charge in [0.15, 0.2) is 18.1 Å². The molecule has 0 unspecified atom stereocenters. The van der Waals surface area contributed by atoms with E-state index in [0.717, 1.165) is 0 Å². The summed E-state index contributed by atoms with van der Waals surface area (Å²) in [5.41, 5.74) is 0.918. The largest absolute Gasteiger partial charge is 0.490 e. The highest BCUT2D eigenvalue weighted by molar-refractivity contribution is 5.91. The maximum absolute atomic E-state index is 12.8. The zero-order valence-corrected chi connectivity index (χ0v) is 12.5. The molecule has 2 aromatic rings. The van der Waals surface area contributed by atoms with Crippen molar-refractivity contribution in [2.45, 2.75) is 6.92 Å². The Morgan fingerprint density at radius 1 is 1.17 bits per heavy atom. The summed E-state index contributed by atoms with van der Waals surface area (Å²) < 4.78 is 23.6. The quantitative estimate of drug-likeness (QED) is 0.889. The summed E-state index contributed by atoms with van der Waals surface area (Å²) in [6.45, 7) is 1.99. The first kappa shape index (κ1) is 16.3. The van der Waals surface area contributed by atoms with Gasteiger partial charge in [-0.25, -0.2) is 4.39 Å². The van der Waals surface area contributed by atoms with Crippen molar-refractivity contribution >= 4 is 11.6 Å². The van der Waals surface area contributed by atoms with Crippen molar-refractivity contribution < 1.29 is 18.7 Å². The molecule has 23 heavy (non-hydrogen) atoms. The second-order valence-electron chi connectivity index (χ2n) is 4.55. The monoisotopic (exact) mass is 314 g/mol. The number of carbonyl (C=O) groups excluding carboxylic acids is 1. The Kier molecular flexibility index (Phi) is 5.53. The molecule has 0 atom stereocenters. The van der Waals surface area contributed by atoms with Gasteiger partial charge in [0.2, 0.25) is 0 Å². The third-order valence-electron chi connectivity index (χ3n) is 2.86. The summed E-state index contributed by atoms with van der Waals surface area (Å²) in [6, 6.07) is 12.1. The first-order valence-electron chi connectivity index (χ1n) is 6.97. The minimum absolute atomic E-state index is 0.233. The lowest BCUT2D eigenvalue weighted by Crippen LogP contribution is -2.20. The molecular formula is C17H15FN2O3. The van der Waals surface area contributed by atoms with E-state index in [2.05, 4.69) is 5.32 Å². The number of nitrogens with zero attached hydrogens (tertiary/aromatic N) is 1. The zero-order valence-electron chi connectivity index (χ0n) is 12.5. The predicted octanol–water partition coefficient (Wildman–Crippen LogP) is 3.11. The Hall–Kier alpha value is -3.07. The molecular weight excluding hydrogens is 299 g/mol. The van der Waals surface area contributed by atoms with Crippen molar-refractivity contribution in [1.29, 1.82) is 5.26 Å². The van der Waals surface area contributed by atoms with E-state index in [1.165, 1.54) is 24.3 Å². The molecule has 2 rings (SSSR count). The SMILES string of the molecule is CCOc1cc(C#N)ccc1OCC(=O)Nc1ccc(F)cc1. The molecule has 2 aromatic carbocycles. The minimum atomic E-state index is -0.386. The molecule has 0 aromatic heterocycles. The van der Waals surface area contributed by atoms with Crippen molar-refractivity contribution in [3.05, 3.63) is 53.8 Å². The fraction of sp³-hybridized carbons (Fsp3) is 0.176. The van der Waals surface area contributed by atoms with Crippen LogP contribution >= 0.6 is 0 Å². The molecule has 0 aliphatic rings. The molecule has 0 radical (unpaired) electrons. The number of hydrogen-bond donors (Lipinski definition) is 1. The fourth-order valence-corrected chi connectivity index (χ4v) is 1.84. The molecule has 0 heterocycles. The number of nitriles is 1. The van der Waals surface area contributed by atoms with Crippen LogP contribution in [-0.2, 0) is 4.79 Å². The molecule has 0 saturated carbocycles. The van der Waals surface area contributed by atoms with Crippen molar-refractivity contribution in [2.24, 2.45) is 0 Å². The van der Waals surface area contributed by atoms with Gasteiger partial charge in [0, 0.05) is 11.8 Å². The number of hydrogen-bond acceptors (Lipinski definition) is 4. The lowest BCUT2D eigenvalue weighted by Gasteiger charge is -2.12. The van der Waals surface area contributed by atoms with Gasteiger partial charge in [-0.3, -0.25) is 4.79 Å². The van der Waals surface area contributed by atoms with E-state index in [-0.39, 0.29) is 18.3 Å². The van der Waals surface area contributed by atoms with E-state index in [0.29, 0.717) is 29.4 Å². The summed E-state index contributed by atoms with van der Waals surface area (Å²) in [5.74, 6) is 0.0165. The first-order valence-corrected chi connectivity index (χ1v) is 6.97. The van der Waals surface area contributed by atoms with Crippen LogP contribution in [0.2, 0.25) is 0 Å². The Balaban J connectivity index is 1.98. The molecule has 0 aliphatic heterocycles. The van der Waals surface area contributed by atoms with Crippen LogP contribution in [0.4, 0.5) is 10.1 Å². The third kappa shape index (κ3) is 4.71. The Morgan fingerprint density at radius 2 is 1.91 bits per heavy atom. The van der Waals surface area contributed by atoms with Crippen molar-refractivity contribution in [3.63, 3.8) is 0 Å². The maximum Gasteiger partial charge on any atom is 0.262 e. The van der Waals surface area contributed by atoms with E-state index in [1.807, 2.05) is 13.0 Å². The van der Waals surface area contributed by atoms with Gasteiger partial charge >= 0.3 is 0 Å². The van der Waals surface area contributed by atoms with Crippen LogP contribution in [0.3, 0.4) is 0 Å². The molecule has 0 spiro atoms. The van der Waals surface area contributed by atoms with Gasteiger partial charge < -0.3 is 14.8 Å². The Morgan fingerprint density at radius 3 is 2.57 bits per heavy atom. The number of rotatable bonds is 6. The number of benzene rings is 2. The summed E-state index contributed by atoms with van der Waals surface area (Å²) >= 11 is 0. The molecule has 118 valence electrons. The second-order valence-corrected chi connectivity index (χ2v) is 4.55. The summed E-state index contributed by atoms with van der Waals surface area (Å²) in [6.07, 6.45) is 0. The number of anilines is 1. The van der Waals surface area contributed by atoms with Gasteiger partial charge in [0.25, 0.3) is 5.91 Å². The maximum atomic E-state index is 12.8. The summed E-state index contributed by atoms with van der Waals surface area (Å²) in [5, 5.41) is 11.5. The number of halogens is 1. The van der Waals surface area contributed by atoms with E-state index in [4.69, 9.17) is 14.7 Å². The minimum Gasteiger partial charge on any atom is -0.490 e. The van der Waals surface area contributed by atoms with Gasteiger partial charge in [-0.15, -0.1) is 0 Å². The topological polar surface area (TPSA) is 71.3 Å². The van der Waals surface area contributed by atoms with Gasteiger partial charge in [-0.2, -0.15) is 5.26 Å². The van der Waals surface area contributed by atoms with Crippen molar-refractivity contribution in [2.75, 3.05) is 18.5 Å². The lowest BCUT2D eigenvalue weighted by atomic mass is 10.2. The first-order chi connectivity index (χ1) is 11.1. The van der Waals surface area contributed by atoms with Gasteiger partial charge in [0.1, 0.15) is 5.82 Å². The predicted molar refractivity (Wildman–Crippen MR) is 82.9 cm³/mol. The molecule has 1 amide bonds. The zero-order chi connectivity index (χ0) is 16.7. The average molecular weight is 314 g/mol. The number of amides is 1. The van der Waals surface area contributed by atoms with Crippen molar-refractivity contribution in [3.8, 4) is 17.6 Å². The second kappa shape index (κ2) is 7.80. The van der Waals surface area contributed by atoms with Gasteiger partial charge in [0.05, 0.1) is 18.2 Å². The number of nitrogens with one attached hydrogen (secondary N) is 1. The Bertz CT molecular complexity index is 724. The van der Waals surface area contributed by atoms with Crippen LogP contribution in [-0.4, -0.2) is 19.1 Å². The van der Waals surface area contributed by atoms with E-state index in [9.17, 15) is 9.18 Å². The highest BCUT2D eigenvalue weighted by Crippen LogP contribution is 2.28. The normalized spacial score (nSPS) is 9.78. The summed E-state index contributed by atoms with van der Waals surface area (Å²) in [7, 11) is 0. The van der Waals surface area contributed by atoms with Crippen LogP contribution < -0.4 is 14.8 Å². The van der Waals surface area contributed by atoms with Gasteiger partial charge in [-0.1, -0.05) is 0 Å². The highest BCUT2D eigenvalue weighted by Gasteiger charge is 2.09. The molecule has 0 bridgehead atoms. The summed E-state index contributed by atoms with van der Waals surface area (Å²) in [4.78, 5) is 11.8. The molecule has 6 heteroatoms.